The van der Waals surface area contributed by atoms with Crippen molar-refractivity contribution < 1.29 is 9.53 Å². The van der Waals surface area contributed by atoms with Gasteiger partial charge in [0.2, 0.25) is 0 Å². The molecule has 5 rings (SSSR count). The molecule has 0 aliphatic carbocycles. The van der Waals surface area contributed by atoms with Gasteiger partial charge in [-0.25, -0.2) is 4.79 Å². The number of anilines is 1. The van der Waals surface area contributed by atoms with Crippen molar-refractivity contribution in [3.05, 3.63) is 95.6 Å². The Morgan fingerprint density at radius 1 is 1.03 bits per heavy atom. The molecule has 1 fully saturated rings. The van der Waals surface area contributed by atoms with E-state index in [9.17, 15) is 4.79 Å². The zero-order valence-electron chi connectivity index (χ0n) is 19.3. The fourth-order valence-electron chi connectivity index (χ4n) is 5.52. The highest BCUT2D eigenvalue weighted by Gasteiger charge is 2.53. The quantitative estimate of drug-likeness (QED) is 0.587. The molecule has 1 saturated heterocycles. The molecule has 3 aromatic carbocycles. The maximum absolute atomic E-state index is 12.4. The lowest BCUT2D eigenvalue weighted by Gasteiger charge is -2.34. The van der Waals surface area contributed by atoms with Crippen molar-refractivity contribution >= 4 is 11.8 Å². The standard InChI is InChI=1S/C28H31N3O2/c1-28-16-18-31(17-15-21-9-5-3-6-10-21)26(28)30(2)25-14-13-23(19-24(25)28)33-27(32)29-20-22-11-7-4-8-12-22/h3-14,19,26H,15-18,20H2,1-2H3,(H,29,32)/t26-,28-/m0/s1. The Morgan fingerprint density at radius 2 is 1.73 bits per heavy atom. The first kappa shape index (κ1) is 21.5. The number of nitrogens with one attached hydrogen (secondary N) is 1. The molecule has 0 spiro atoms. The van der Waals surface area contributed by atoms with Crippen molar-refractivity contribution in [3.8, 4) is 5.75 Å². The monoisotopic (exact) mass is 441 g/mol. The van der Waals surface area contributed by atoms with E-state index in [2.05, 4.69) is 71.6 Å². The van der Waals surface area contributed by atoms with Gasteiger partial charge in [0.15, 0.2) is 0 Å². The molecule has 0 unspecified atom stereocenters. The number of carbonyl (C=O) groups is 1. The lowest BCUT2D eigenvalue weighted by atomic mass is 9.81. The van der Waals surface area contributed by atoms with Crippen molar-refractivity contribution in [1.82, 2.24) is 10.2 Å². The maximum Gasteiger partial charge on any atom is 0.412 e. The number of benzene rings is 3. The molecule has 2 atom stereocenters. The number of rotatable bonds is 6. The van der Waals surface area contributed by atoms with Gasteiger partial charge in [-0.15, -0.1) is 0 Å². The summed E-state index contributed by atoms with van der Waals surface area (Å²) in [5.74, 6) is 0.595. The predicted molar refractivity (Wildman–Crippen MR) is 132 cm³/mol. The zero-order valence-corrected chi connectivity index (χ0v) is 19.3. The largest absolute Gasteiger partial charge is 0.412 e. The second kappa shape index (κ2) is 8.91. The molecule has 0 saturated carbocycles. The summed E-state index contributed by atoms with van der Waals surface area (Å²) < 4.78 is 5.64. The van der Waals surface area contributed by atoms with Gasteiger partial charge in [0.05, 0.1) is 6.17 Å². The van der Waals surface area contributed by atoms with Gasteiger partial charge in [0, 0.05) is 37.8 Å². The topological polar surface area (TPSA) is 44.8 Å². The van der Waals surface area contributed by atoms with Crippen LogP contribution in [-0.2, 0) is 18.4 Å². The first-order chi connectivity index (χ1) is 16.0. The minimum Gasteiger partial charge on any atom is -0.410 e. The molecule has 170 valence electrons. The minimum atomic E-state index is -0.428. The number of carbonyl (C=O) groups excluding carboxylic acids is 1. The van der Waals surface area contributed by atoms with Gasteiger partial charge in [-0.3, -0.25) is 4.90 Å². The first-order valence-corrected chi connectivity index (χ1v) is 11.7. The van der Waals surface area contributed by atoms with Crippen LogP contribution < -0.4 is 15.0 Å². The second-order valence-corrected chi connectivity index (χ2v) is 9.33. The van der Waals surface area contributed by atoms with E-state index in [1.807, 2.05) is 36.4 Å². The highest BCUT2D eigenvalue weighted by atomic mass is 16.6. The highest BCUT2D eigenvalue weighted by Crippen LogP contribution is 2.52. The van der Waals surface area contributed by atoms with Gasteiger partial charge in [-0.1, -0.05) is 67.6 Å². The number of hydrogen-bond acceptors (Lipinski definition) is 4. The summed E-state index contributed by atoms with van der Waals surface area (Å²) in [6.45, 7) is 4.90. The smallest absolute Gasteiger partial charge is 0.410 e. The predicted octanol–water partition coefficient (Wildman–Crippen LogP) is 4.96. The molecule has 2 aliphatic heterocycles. The van der Waals surface area contributed by atoms with Crippen LogP contribution in [0.25, 0.3) is 0 Å². The van der Waals surface area contributed by atoms with Gasteiger partial charge in [0.25, 0.3) is 0 Å². The molecule has 0 aromatic heterocycles. The Bertz CT molecular complexity index is 1120. The van der Waals surface area contributed by atoms with E-state index in [1.165, 1.54) is 16.8 Å². The van der Waals surface area contributed by atoms with Crippen molar-refractivity contribution in [1.29, 1.82) is 0 Å². The van der Waals surface area contributed by atoms with E-state index in [1.54, 1.807) is 0 Å². The van der Waals surface area contributed by atoms with E-state index in [0.717, 1.165) is 31.5 Å². The molecule has 3 aromatic rings. The number of nitrogens with zero attached hydrogens (tertiary/aromatic N) is 2. The molecule has 0 bridgehead atoms. The summed E-state index contributed by atoms with van der Waals surface area (Å²) in [5.41, 5.74) is 4.93. The van der Waals surface area contributed by atoms with Crippen molar-refractivity contribution in [2.75, 3.05) is 25.0 Å². The van der Waals surface area contributed by atoms with E-state index in [4.69, 9.17) is 4.74 Å². The fraction of sp³-hybridized carbons (Fsp3) is 0.321. The van der Waals surface area contributed by atoms with Crippen LogP contribution in [0.1, 0.15) is 30.0 Å². The third-order valence-electron chi connectivity index (χ3n) is 7.18. The Balaban J connectivity index is 1.27. The molecule has 5 nitrogen and oxygen atoms in total. The number of fused-ring (bicyclic) bond motifs is 3. The summed E-state index contributed by atoms with van der Waals surface area (Å²) >= 11 is 0. The third-order valence-corrected chi connectivity index (χ3v) is 7.18. The van der Waals surface area contributed by atoms with E-state index < -0.39 is 6.09 Å². The van der Waals surface area contributed by atoms with Crippen LogP contribution in [0.5, 0.6) is 5.75 Å². The molecule has 0 radical (unpaired) electrons. The van der Waals surface area contributed by atoms with Crippen LogP contribution in [-0.4, -0.2) is 37.3 Å². The normalized spacial score (nSPS) is 21.5. The van der Waals surface area contributed by atoms with Crippen LogP contribution >= 0.6 is 0 Å². The minimum absolute atomic E-state index is 0.0145. The van der Waals surface area contributed by atoms with E-state index in [-0.39, 0.29) is 5.41 Å². The summed E-state index contributed by atoms with van der Waals surface area (Å²) in [6, 6.07) is 26.6. The maximum atomic E-state index is 12.4. The first-order valence-electron chi connectivity index (χ1n) is 11.7. The Kier molecular flexibility index (Phi) is 5.81. The third kappa shape index (κ3) is 4.21. The lowest BCUT2D eigenvalue weighted by molar-refractivity contribution is 0.200. The molecule has 1 N–H and O–H groups in total. The zero-order chi connectivity index (χ0) is 22.8. The van der Waals surface area contributed by atoms with Gasteiger partial charge >= 0.3 is 6.09 Å². The molecule has 1 amide bonds. The number of likely N-dealkylation sites (N-methyl/N-ethyl adjacent to an activating group) is 1. The van der Waals surface area contributed by atoms with Gasteiger partial charge in [0.1, 0.15) is 5.75 Å². The molecular weight excluding hydrogens is 410 g/mol. The van der Waals surface area contributed by atoms with Crippen LogP contribution in [0.4, 0.5) is 10.5 Å². The van der Waals surface area contributed by atoms with Crippen LogP contribution in [0.15, 0.2) is 78.9 Å². The van der Waals surface area contributed by atoms with E-state index in [0.29, 0.717) is 18.5 Å². The highest BCUT2D eigenvalue weighted by molar-refractivity contribution is 5.72. The van der Waals surface area contributed by atoms with Gasteiger partial charge < -0.3 is 15.0 Å². The number of ether oxygens (including phenoxy) is 1. The summed E-state index contributed by atoms with van der Waals surface area (Å²) in [4.78, 5) is 17.4. The van der Waals surface area contributed by atoms with Crippen molar-refractivity contribution in [3.63, 3.8) is 0 Å². The van der Waals surface area contributed by atoms with Crippen molar-refractivity contribution in [2.24, 2.45) is 0 Å². The SMILES string of the molecule is CN1c2ccc(OC(=O)NCc3ccccc3)cc2[C@]2(C)CCN(CCc3ccccc3)[C@H]12. The van der Waals surface area contributed by atoms with Crippen LogP contribution in [0.3, 0.4) is 0 Å². The Hall–Kier alpha value is -3.31. The summed E-state index contributed by atoms with van der Waals surface area (Å²) in [7, 11) is 2.18. The molecule has 2 aliphatic rings. The van der Waals surface area contributed by atoms with Gasteiger partial charge in [-0.05, 0) is 47.7 Å². The molecule has 33 heavy (non-hydrogen) atoms. The Morgan fingerprint density at radius 3 is 2.45 bits per heavy atom. The molecule has 5 heteroatoms. The number of hydrogen-bond donors (Lipinski definition) is 1. The average Bonchev–Trinajstić information content (AvgIpc) is 3.29. The average molecular weight is 442 g/mol. The van der Waals surface area contributed by atoms with Crippen LogP contribution in [0, 0.1) is 0 Å². The summed E-state index contributed by atoms with van der Waals surface area (Å²) in [5, 5.41) is 2.84. The fourth-order valence-corrected chi connectivity index (χ4v) is 5.52. The Labute approximate surface area is 196 Å². The summed E-state index contributed by atoms with van der Waals surface area (Å²) in [6.07, 6.45) is 2.03. The number of likely N-dealkylation sites (tertiary alicyclic amines) is 1. The van der Waals surface area contributed by atoms with Crippen LogP contribution in [0.2, 0.25) is 0 Å². The van der Waals surface area contributed by atoms with Gasteiger partial charge in [-0.2, -0.15) is 0 Å². The molecular formula is C28H31N3O2. The van der Waals surface area contributed by atoms with E-state index >= 15 is 0 Å². The number of amides is 1. The van der Waals surface area contributed by atoms with Crippen molar-refractivity contribution in [2.45, 2.75) is 37.9 Å². The molecule has 2 heterocycles. The lowest BCUT2D eigenvalue weighted by Crippen LogP contribution is -2.47. The second-order valence-electron chi connectivity index (χ2n) is 9.33.